The number of anilines is 3. The maximum Gasteiger partial charge on any atom is 0.260 e. The van der Waals surface area contributed by atoms with E-state index in [0.29, 0.717) is 56.0 Å². The third-order valence-electron chi connectivity index (χ3n) is 6.73. The Morgan fingerprint density at radius 1 is 0.758 bits per heavy atom. The number of hydrogen-bond acceptors (Lipinski definition) is 7. The maximum atomic E-state index is 14.1. The lowest BCUT2D eigenvalue weighted by molar-refractivity contribution is 0.0984. The van der Waals surface area contributed by atoms with Gasteiger partial charge in [-0.3, -0.25) is 4.79 Å². The van der Waals surface area contributed by atoms with E-state index in [9.17, 15) is 4.79 Å². The van der Waals surface area contributed by atoms with Crippen molar-refractivity contribution in [3.63, 3.8) is 0 Å². The first-order valence-corrected chi connectivity index (χ1v) is 11.6. The topological polar surface area (TPSA) is 122 Å². The van der Waals surface area contributed by atoms with Crippen LogP contribution in [0, 0.1) is 0 Å². The summed E-state index contributed by atoms with van der Waals surface area (Å²) >= 11 is 0. The highest BCUT2D eigenvalue weighted by Gasteiger charge is 2.38. The van der Waals surface area contributed by atoms with Gasteiger partial charge in [0.25, 0.3) is 5.91 Å². The van der Waals surface area contributed by atoms with E-state index in [4.69, 9.17) is 30.4 Å². The van der Waals surface area contributed by atoms with E-state index in [1.807, 2.05) is 30.3 Å². The van der Waals surface area contributed by atoms with E-state index >= 15 is 0 Å². The highest BCUT2D eigenvalue weighted by atomic mass is 16.6. The summed E-state index contributed by atoms with van der Waals surface area (Å²) in [6, 6.07) is 9.65. The Balaban J connectivity index is 1.47. The van der Waals surface area contributed by atoms with Gasteiger partial charge in [0.05, 0.1) is 74.3 Å². The summed E-state index contributed by atoms with van der Waals surface area (Å²) in [6.45, 7) is 3.27. The van der Waals surface area contributed by atoms with E-state index < -0.39 is 0 Å². The minimum absolute atomic E-state index is 0.0357. The second-order valence-electron chi connectivity index (χ2n) is 9.32. The molecule has 33 heavy (non-hydrogen) atoms. The number of para-hydroxylation sites is 1. The molecule has 8 heteroatoms. The standard InChI is InChI=1S/C25H29N3O5/c26-23-21(8-17-12-32-17)19(6-15-10-30-15)20(7-16-11-31-16)22(24(23)27)25(29)28(9-18-13-33-18)14-4-2-1-3-5-14/h1-5,15-18H,6-13,26-27H2. The number of nitrogens with zero attached hydrogens (tertiary/aromatic N) is 1. The van der Waals surface area contributed by atoms with Crippen LogP contribution in [0.1, 0.15) is 27.0 Å². The van der Waals surface area contributed by atoms with Gasteiger partial charge in [-0.2, -0.15) is 0 Å². The second-order valence-corrected chi connectivity index (χ2v) is 9.32. The van der Waals surface area contributed by atoms with Gasteiger partial charge in [0.1, 0.15) is 0 Å². The monoisotopic (exact) mass is 451 g/mol. The normalized spacial score (nSPS) is 26.7. The molecule has 4 atom stereocenters. The van der Waals surface area contributed by atoms with Crippen LogP contribution >= 0.6 is 0 Å². The molecular weight excluding hydrogens is 422 g/mol. The van der Waals surface area contributed by atoms with Gasteiger partial charge in [-0.1, -0.05) is 18.2 Å². The fourth-order valence-electron chi connectivity index (χ4n) is 4.57. The Morgan fingerprint density at radius 2 is 1.27 bits per heavy atom. The molecule has 2 aromatic rings. The quantitative estimate of drug-likeness (QED) is 0.416. The average molecular weight is 452 g/mol. The van der Waals surface area contributed by atoms with Gasteiger partial charge in [0.2, 0.25) is 0 Å². The lowest BCUT2D eigenvalue weighted by Gasteiger charge is -2.27. The molecule has 0 radical (unpaired) electrons. The Morgan fingerprint density at radius 3 is 1.82 bits per heavy atom. The molecule has 4 heterocycles. The minimum atomic E-state index is -0.149. The first-order valence-electron chi connectivity index (χ1n) is 11.6. The van der Waals surface area contributed by atoms with Crippen LogP contribution in [0.2, 0.25) is 0 Å². The molecule has 4 saturated heterocycles. The van der Waals surface area contributed by atoms with Crippen molar-refractivity contribution in [2.75, 3.05) is 49.3 Å². The van der Waals surface area contributed by atoms with E-state index in [1.165, 1.54) is 0 Å². The SMILES string of the molecule is Nc1c(N)c(C(=O)N(CC2CO2)c2ccccc2)c(CC2CO2)c(CC2CO2)c1CC1CO1. The molecule has 6 rings (SSSR count). The summed E-state index contributed by atoms with van der Waals surface area (Å²) in [5, 5.41) is 0. The van der Waals surface area contributed by atoms with Crippen molar-refractivity contribution in [2.45, 2.75) is 43.7 Å². The third-order valence-corrected chi connectivity index (χ3v) is 6.73. The van der Waals surface area contributed by atoms with Crippen LogP contribution in [0.4, 0.5) is 17.1 Å². The number of benzene rings is 2. The highest BCUT2D eigenvalue weighted by molar-refractivity contribution is 6.12. The van der Waals surface area contributed by atoms with Crippen molar-refractivity contribution in [2.24, 2.45) is 0 Å². The zero-order valence-electron chi connectivity index (χ0n) is 18.5. The van der Waals surface area contributed by atoms with Gasteiger partial charge in [0.15, 0.2) is 0 Å². The maximum absolute atomic E-state index is 14.1. The fourth-order valence-corrected chi connectivity index (χ4v) is 4.57. The molecule has 2 aromatic carbocycles. The molecule has 4 fully saturated rings. The number of nitrogens with two attached hydrogens (primary N) is 2. The van der Waals surface area contributed by atoms with Crippen LogP contribution in [-0.4, -0.2) is 63.3 Å². The van der Waals surface area contributed by atoms with Crippen molar-refractivity contribution in [3.05, 3.63) is 52.6 Å². The van der Waals surface area contributed by atoms with Gasteiger partial charge >= 0.3 is 0 Å². The minimum Gasteiger partial charge on any atom is -0.397 e. The van der Waals surface area contributed by atoms with E-state index in [1.54, 1.807) is 4.90 Å². The van der Waals surface area contributed by atoms with Crippen molar-refractivity contribution < 1.29 is 23.7 Å². The predicted molar refractivity (Wildman–Crippen MR) is 123 cm³/mol. The van der Waals surface area contributed by atoms with Crippen molar-refractivity contribution in [3.8, 4) is 0 Å². The predicted octanol–water partition coefficient (Wildman–Crippen LogP) is 1.72. The van der Waals surface area contributed by atoms with Crippen LogP contribution in [0.5, 0.6) is 0 Å². The Kier molecular flexibility index (Phi) is 5.25. The first-order chi connectivity index (χ1) is 16.1. The first kappa shape index (κ1) is 20.9. The Labute approximate surface area is 192 Å². The van der Waals surface area contributed by atoms with E-state index in [-0.39, 0.29) is 30.3 Å². The lowest BCUT2D eigenvalue weighted by Crippen LogP contribution is -2.36. The number of rotatable bonds is 10. The van der Waals surface area contributed by atoms with Crippen LogP contribution in [-0.2, 0) is 38.2 Å². The summed E-state index contributed by atoms with van der Waals surface area (Å²) in [5.74, 6) is -0.149. The summed E-state index contributed by atoms with van der Waals surface area (Å²) in [4.78, 5) is 15.9. The summed E-state index contributed by atoms with van der Waals surface area (Å²) in [5.41, 5.74) is 18.4. The largest absolute Gasteiger partial charge is 0.397 e. The van der Waals surface area contributed by atoms with Crippen LogP contribution in [0.15, 0.2) is 30.3 Å². The van der Waals surface area contributed by atoms with Gasteiger partial charge in [0, 0.05) is 24.9 Å². The fraction of sp³-hybridized carbons (Fsp3) is 0.480. The number of epoxide rings is 4. The number of nitrogen functional groups attached to an aromatic ring is 2. The number of carbonyl (C=O) groups excluding carboxylic acids is 1. The van der Waals surface area contributed by atoms with E-state index in [0.717, 1.165) is 35.6 Å². The number of ether oxygens (including phenoxy) is 4. The summed E-state index contributed by atoms with van der Waals surface area (Å²) < 4.78 is 22.1. The molecule has 4 aliphatic rings. The van der Waals surface area contributed by atoms with Crippen molar-refractivity contribution in [1.82, 2.24) is 0 Å². The van der Waals surface area contributed by atoms with Gasteiger partial charge < -0.3 is 35.3 Å². The zero-order valence-corrected chi connectivity index (χ0v) is 18.5. The third kappa shape index (κ3) is 4.56. The van der Waals surface area contributed by atoms with Crippen LogP contribution in [0.3, 0.4) is 0 Å². The van der Waals surface area contributed by atoms with Gasteiger partial charge in [-0.25, -0.2) is 0 Å². The summed E-state index contributed by atoms with van der Waals surface area (Å²) in [6.07, 6.45) is 2.49. The smallest absolute Gasteiger partial charge is 0.260 e. The zero-order chi connectivity index (χ0) is 22.5. The van der Waals surface area contributed by atoms with Crippen molar-refractivity contribution >= 4 is 23.0 Å². The lowest BCUT2D eigenvalue weighted by atomic mass is 9.85. The molecule has 1 amide bonds. The van der Waals surface area contributed by atoms with E-state index in [2.05, 4.69) is 0 Å². The van der Waals surface area contributed by atoms with Gasteiger partial charge in [-0.05, 0) is 28.8 Å². The molecule has 0 saturated carbocycles. The Bertz CT molecular complexity index is 1060. The van der Waals surface area contributed by atoms with Crippen LogP contribution in [0.25, 0.3) is 0 Å². The molecular formula is C25H29N3O5. The molecule has 0 aromatic heterocycles. The summed E-state index contributed by atoms with van der Waals surface area (Å²) in [7, 11) is 0. The van der Waals surface area contributed by atoms with Gasteiger partial charge in [-0.15, -0.1) is 0 Å². The Hall–Kier alpha value is -2.65. The van der Waals surface area contributed by atoms with Crippen molar-refractivity contribution in [1.29, 1.82) is 0 Å². The molecule has 8 nitrogen and oxygen atoms in total. The molecule has 4 N–H and O–H groups in total. The molecule has 4 unspecified atom stereocenters. The molecule has 174 valence electrons. The molecule has 0 aliphatic carbocycles. The molecule has 0 spiro atoms. The average Bonchev–Trinajstić information content (AvgIpc) is 3.61. The number of amides is 1. The number of carbonyl (C=O) groups is 1. The second kappa shape index (κ2) is 8.29. The van der Waals surface area contributed by atoms with Crippen LogP contribution < -0.4 is 16.4 Å². The highest BCUT2D eigenvalue weighted by Crippen LogP contribution is 2.40. The molecule has 0 bridgehead atoms. The number of hydrogen-bond donors (Lipinski definition) is 2. The molecule has 4 aliphatic heterocycles.